The van der Waals surface area contributed by atoms with Crippen molar-refractivity contribution in [1.82, 2.24) is 4.90 Å². The summed E-state index contributed by atoms with van der Waals surface area (Å²) in [6, 6.07) is 3.53. The van der Waals surface area contributed by atoms with Crippen molar-refractivity contribution in [2.45, 2.75) is 25.1 Å². The normalized spacial score (nSPS) is 23.5. The van der Waals surface area contributed by atoms with Gasteiger partial charge in [-0.25, -0.2) is 0 Å². The lowest BCUT2D eigenvalue weighted by Crippen LogP contribution is -2.52. The maximum atomic E-state index is 13.6. The fourth-order valence-corrected chi connectivity index (χ4v) is 3.44. The largest absolute Gasteiger partial charge is 0.481 e. The van der Waals surface area contributed by atoms with E-state index >= 15 is 0 Å². The molecule has 2 atom stereocenters. The standard InChI is InChI=1S/C17H18F3N3O4/c18-17(19,20)13-7-14(24)21-11-3-1-2-4-12(11)23(13)15(25)9-22-6-5-10(8-22)16(26)27/h1-4,10,13H,5-9H2,(H,21,24)(H,26,27). The number of benzene rings is 1. The first-order valence-corrected chi connectivity index (χ1v) is 8.39. The Balaban J connectivity index is 1.90. The number of hydrogen-bond donors (Lipinski definition) is 2. The molecule has 2 aliphatic heterocycles. The van der Waals surface area contributed by atoms with Crippen LogP contribution in [0.4, 0.5) is 24.5 Å². The van der Waals surface area contributed by atoms with Crippen molar-refractivity contribution in [3.8, 4) is 0 Å². The van der Waals surface area contributed by atoms with Crippen LogP contribution in [0.3, 0.4) is 0 Å². The molecule has 0 radical (unpaired) electrons. The van der Waals surface area contributed by atoms with E-state index in [1.807, 2.05) is 0 Å². The van der Waals surface area contributed by atoms with Crippen molar-refractivity contribution in [2.75, 3.05) is 29.9 Å². The molecular weight excluding hydrogens is 367 g/mol. The molecule has 2 amide bonds. The molecule has 1 saturated heterocycles. The summed E-state index contributed by atoms with van der Waals surface area (Å²) < 4.78 is 40.8. The number of rotatable bonds is 3. The van der Waals surface area contributed by atoms with E-state index in [4.69, 9.17) is 5.11 Å². The van der Waals surface area contributed by atoms with Crippen LogP contribution in [0.25, 0.3) is 0 Å². The van der Waals surface area contributed by atoms with Crippen LogP contribution in [0, 0.1) is 5.92 Å². The van der Waals surface area contributed by atoms with Crippen molar-refractivity contribution in [1.29, 1.82) is 0 Å². The maximum absolute atomic E-state index is 13.6. The number of halogens is 3. The number of anilines is 2. The number of amides is 2. The lowest BCUT2D eigenvalue weighted by Gasteiger charge is -2.32. The Morgan fingerprint density at radius 3 is 2.59 bits per heavy atom. The highest BCUT2D eigenvalue weighted by Gasteiger charge is 2.49. The topological polar surface area (TPSA) is 90.0 Å². The number of aliphatic carboxylic acids is 1. The summed E-state index contributed by atoms with van der Waals surface area (Å²) >= 11 is 0. The molecule has 1 aromatic rings. The number of carboxylic acid groups (broad SMARTS) is 1. The first-order valence-electron chi connectivity index (χ1n) is 8.39. The summed E-state index contributed by atoms with van der Waals surface area (Å²) in [5.41, 5.74) is 0.108. The second-order valence-corrected chi connectivity index (χ2v) is 6.65. The molecule has 2 aliphatic rings. The van der Waals surface area contributed by atoms with E-state index in [-0.39, 0.29) is 24.5 Å². The van der Waals surface area contributed by atoms with Gasteiger partial charge in [0.15, 0.2) is 0 Å². The van der Waals surface area contributed by atoms with Gasteiger partial charge < -0.3 is 10.4 Å². The van der Waals surface area contributed by atoms with Crippen molar-refractivity contribution >= 4 is 29.2 Å². The zero-order valence-electron chi connectivity index (χ0n) is 14.2. The molecule has 0 bridgehead atoms. The van der Waals surface area contributed by atoms with Gasteiger partial charge in [-0.3, -0.25) is 24.2 Å². The van der Waals surface area contributed by atoms with E-state index < -0.39 is 42.3 Å². The summed E-state index contributed by atoms with van der Waals surface area (Å²) in [5, 5.41) is 11.4. The number of fused-ring (bicyclic) bond motifs is 1. The maximum Gasteiger partial charge on any atom is 0.409 e. The van der Waals surface area contributed by atoms with Gasteiger partial charge in [0.05, 0.1) is 30.3 Å². The molecule has 0 saturated carbocycles. The van der Waals surface area contributed by atoms with Gasteiger partial charge in [0.2, 0.25) is 11.8 Å². The average molecular weight is 385 g/mol. The van der Waals surface area contributed by atoms with E-state index in [2.05, 4.69) is 5.32 Å². The molecule has 2 heterocycles. The lowest BCUT2D eigenvalue weighted by molar-refractivity contribution is -0.158. The van der Waals surface area contributed by atoms with Gasteiger partial charge in [-0.1, -0.05) is 12.1 Å². The number of alkyl halides is 3. The molecule has 146 valence electrons. The Hall–Kier alpha value is -2.62. The minimum absolute atomic E-state index is 0.0235. The van der Waals surface area contributed by atoms with Gasteiger partial charge in [0.1, 0.15) is 6.04 Å². The molecule has 0 aromatic heterocycles. The molecule has 2 N–H and O–H groups in total. The molecule has 7 nitrogen and oxygen atoms in total. The minimum atomic E-state index is -4.79. The van der Waals surface area contributed by atoms with E-state index in [9.17, 15) is 27.6 Å². The first kappa shape index (κ1) is 19.2. The van der Waals surface area contributed by atoms with Gasteiger partial charge in [-0.2, -0.15) is 13.2 Å². The number of carbonyl (C=O) groups excluding carboxylic acids is 2. The zero-order valence-corrected chi connectivity index (χ0v) is 14.2. The van der Waals surface area contributed by atoms with Gasteiger partial charge in [0, 0.05) is 6.54 Å². The third kappa shape index (κ3) is 4.05. The predicted octanol–water partition coefficient (Wildman–Crippen LogP) is 1.70. The number of hydrogen-bond acceptors (Lipinski definition) is 4. The SMILES string of the molecule is O=C1CC(C(F)(F)F)N(C(=O)CN2CCC(C(=O)O)C2)c2ccccc2N1. The van der Waals surface area contributed by atoms with Crippen LogP contribution >= 0.6 is 0 Å². The quantitative estimate of drug-likeness (QED) is 0.827. The summed E-state index contributed by atoms with van der Waals surface area (Å²) in [6.45, 7) is 0.0648. The number of nitrogens with zero attached hydrogens (tertiary/aromatic N) is 2. The van der Waals surface area contributed by atoms with Crippen molar-refractivity contribution in [3.05, 3.63) is 24.3 Å². The predicted molar refractivity (Wildman–Crippen MR) is 89.2 cm³/mol. The molecule has 0 aliphatic carbocycles. The number of carboxylic acids is 1. The van der Waals surface area contributed by atoms with E-state index in [1.165, 1.54) is 23.1 Å². The molecule has 2 unspecified atom stereocenters. The summed E-state index contributed by atoms with van der Waals surface area (Å²) in [6.07, 6.45) is -5.36. The van der Waals surface area contributed by atoms with Crippen LogP contribution in [-0.4, -0.2) is 59.6 Å². The fourth-order valence-electron chi connectivity index (χ4n) is 3.44. The summed E-state index contributed by atoms with van der Waals surface area (Å²) in [4.78, 5) is 37.9. The molecule has 10 heteroatoms. The number of para-hydroxylation sites is 2. The minimum Gasteiger partial charge on any atom is -0.481 e. The smallest absolute Gasteiger partial charge is 0.409 e. The van der Waals surface area contributed by atoms with Crippen molar-refractivity contribution < 1.29 is 32.7 Å². The van der Waals surface area contributed by atoms with Gasteiger partial charge >= 0.3 is 12.1 Å². The Kier molecular flexibility index (Phi) is 5.09. The molecule has 1 fully saturated rings. The third-order valence-corrected chi connectivity index (χ3v) is 4.76. The Bertz CT molecular complexity index is 768. The van der Waals surface area contributed by atoms with Crippen LogP contribution in [0.1, 0.15) is 12.8 Å². The third-order valence-electron chi connectivity index (χ3n) is 4.76. The molecule has 0 spiro atoms. The Morgan fingerprint density at radius 1 is 1.26 bits per heavy atom. The molecule has 3 rings (SSSR count). The van der Waals surface area contributed by atoms with Crippen LogP contribution in [-0.2, 0) is 14.4 Å². The van der Waals surface area contributed by atoms with E-state index in [0.29, 0.717) is 17.9 Å². The number of nitrogens with one attached hydrogen (secondary N) is 1. The van der Waals surface area contributed by atoms with E-state index in [1.54, 1.807) is 6.07 Å². The van der Waals surface area contributed by atoms with E-state index in [0.717, 1.165) is 0 Å². The highest BCUT2D eigenvalue weighted by molar-refractivity contribution is 6.05. The van der Waals surface area contributed by atoms with Crippen LogP contribution in [0.5, 0.6) is 0 Å². The van der Waals surface area contributed by atoms with Crippen molar-refractivity contribution in [3.63, 3.8) is 0 Å². The Morgan fingerprint density at radius 2 is 1.96 bits per heavy atom. The average Bonchev–Trinajstić information content (AvgIpc) is 2.97. The zero-order chi connectivity index (χ0) is 19.8. The first-order chi connectivity index (χ1) is 12.7. The number of likely N-dealkylation sites (tertiary alicyclic amines) is 1. The second-order valence-electron chi connectivity index (χ2n) is 6.65. The van der Waals surface area contributed by atoms with Gasteiger partial charge in [0.25, 0.3) is 0 Å². The van der Waals surface area contributed by atoms with Crippen LogP contribution < -0.4 is 10.2 Å². The van der Waals surface area contributed by atoms with Crippen molar-refractivity contribution in [2.24, 2.45) is 5.92 Å². The molecule has 1 aromatic carbocycles. The second kappa shape index (κ2) is 7.18. The van der Waals surface area contributed by atoms with Crippen LogP contribution in [0.15, 0.2) is 24.3 Å². The highest BCUT2D eigenvalue weighted by atomic mass is 19.4. The summed E-state index contributed by atoms with van der Waals surface area (Å²) in [5.74, 6) is -3.29. The molecule has 27 heavy (non-hydrogen) atoms. The summed E-state index contributed by atoms with van der Waals surface area (Å²) in [7, 11) is 0. The Labute approximate surface area is 152 Å². The number of carbonyl (C=O) groups is 3. The van der Waals surface area contributed by atoms with Gasteiger partial charge in [-0.05, 0) is 25.1 Å². The monoisotopic (exact) mass is 385 g/mol. The lowest BCUT2D eigenvalue weighted by atomic mass is 10.1. The van der Waals surface area contributed by atoms with Gasteiger partial charge in [-0.15, -0.1) is 0 Å². The van der Waals surface area contributed by atoms with Crippen LogP contribution in [0.2, 0.25) is 0 Å². The molecular formula is C17H18F3N3O4. The highest BCUT2D eigenvalue weighted by Crippen LogP contribution is 2.37. The fraction of sp³-hybridized carbons (Fsp3) is 0.471.